The third kappa shape index (κ3) is 2.61. The molecular formula is C15H17N3O3. The molecule has 6 nitrogen and oxygen atoms in total. The minimum absolute atomic E-state index is 0.0940. The molecule has 3 rings (SSSR count). The molecule has 6 heteroatoms. The maximum atomic E-state index is 12.1. The topological polar surface area (TPSA) is 83.7 Å². The van der Waals surface area contributed by atoms with E-state index in [4.69, 9.17) is 0 Å². The van der Waals surface area contributed by atoms with Gasteiger partial charge >= 0.3 is 5.97 Å². The molecule has 0 bridgehead atoms. The van der Waals surface area contributed by atoms with E-state index in [1.165, 1.54) is 0 Å². The molecule has 21 heavy (non-hydrogen) atoms. The lowest BCUT2D eigenvalue weighted by atomic mass is 9.97. The first-order chi connectivity index (χ1) is 10.1. The Kier molecular flexibility index (Phi) is 3.37. The van der Waals surface area contributed by atoms with E-state index in [1.54, 1.807) is 6.20 Å². The molecule has 1 fully saturated rings. The predicted octanol–water partition coefficient (Wildman–Crippen LogP) is 1.39. The Morgan fingerprint density at radius 1 is 1.33 bits per heavy atom. The van der Waals surface area contributed by atoms with Crippen LogP contribution in [0, 0.1) is 0 Å². The van der Waals surface area contributed by atoms with E-state index in [-0.39, 0.29) is 12.3 Å². The fraction of sp³-hybridized carbons (Fsp3) is 0.400. The lowest BCUT2D eigenvalue weighted by Gasteiger charge is -2.25. The number of nitrogens with one attached hydrogen (secondary N) is 1. The number of hydrogen-bond acceptors (Lipinski definition) is 3. The Morgan fingerprint density at radius 3 is 2.76 bits per heavy atom. The smallest absolute Gasteiger partial charge is 0.329 e. The van der Waals surface area contributed by atoms with Gasteiger partial charge in [0.1, 0.15) is 11.2 Å². The monoisotopic (exact) mass is 287 g/mol. The highest BCUT2D eigenvalue weighted by Crippen LogP contribution is 2.29. The zero-order valence-corrected chi connectivity index (χ0v) is 11.6. The van der Waals surface area contributed by atoms with E-state index in [2.05, 4.69) is 10.3 Å². The number of carboxylic acids is 1. The Morgan fingerprint density at radius 2 is 2.10 bits per heavy atom. The Hall–Kier alpha value is -2.37. The van der Waals surface area contributed by atoms with E-state index in [1.807, 2.05) is 28.8 Å². The van der Waals surface area contributed by atoms with Crippen LogP contribution in [0.15, 0.2) is 30.6 Å². The summed E-state index contributed by atoms with van der Waals surface area (Å²) < 4.78 is 1.84. The van der Waals surface area contributed by atoms with Gasteiger partial charge in [-0.25, -0.2) is 9.78 Å². The van der Waals surface area contributed by atoms with E-state index < -0.39 is 11.5 Å². The molecule has 2 aromatic rings. The number of carbonyl (C=O) groups is 2. The average Bonchev–Trinajstić information content (AvgIpc) is 3.05. The van der Waals surface area contributed by atoms with Gasteiger partial charge in [0, 0.05) is 12.4 Å². The third-order valence-corrected chi connectivity index (χ3v) is 4.00. The van der Waals surface area contributed by atoms with Crippen LogP contribution in [0.5, 0.6) is 0 Å². The van der Waals surface area contributed by atoms with E-state index in [0.29, 0.717) is 18.5 Å². The number of carbonyl (C=O) groups excluding carboxylic acids is 1. The molecule has 1 saturated carbocycles. The summed E-state index contributed by atoms with van der Waals surface area (Å²) in [5.74, 6) is -1.23. The average molecular weight is 287 g/mol. The molecule has 0 radical (unpaired) electrons. The van der Waals surface area contributed by atoms with Crippen LogP contribution in [0.25, 0.3) is 5.65 Å². The normalized spacial score (nSPS) is 17.0. The summed E-state index contributed by atoms with van der Waals surface area (Å²) in [5, 5.41) is 12.1. The number of amides is 1. The van der Waals surface area contributed by atoms with Gasteiger partial charge in [0.15, 0.2) is 0 Å². The quantitative estimate of drug-likeness (QED) is 0.890. The van der Waals surface area contributed by atoms with Crippen molar-refractivity contribution in [3.63, 3.8) is 0 Å². The second kappa shape index (κ2) is 5.20. The third-order valence-electron chi connectivity index (χ3n) is 4.00. The number of hydrogen-bond donors (Lipinski definition) is 2. The van der Waals surface area contributed by atoms with Crippen molar-refractivity contribution >= 4 is 17.5 Å². The van der Waals surface area contributed by atoms with E-state index in [9.17, 15) is 14.7 Å². The van der Waals surface area contributed by atoms with Crippen LogP contribution in [0.2, 0.25) is 0 Å². The van der Waals surface area contributed by atoms with Crippen molar-refractivity contribution in [3.8, 4) is 0 Å². The first kappa shape index (κ1) is 13.6. The molecule has 0 unspecified atom stereocenters. The second-order valence-corrected chi connectivity index (χ2v) is 5.52. The number of imidazole rings is 1. The van der Waals surface area contributed by atoms with Gasteiger partial charge in [-0.2, -0.15) is 0 Å². The molecule has 0 saturated heterocycles. The largest absolute Gasteiger partial charge is 0.480 e. The molecule has 1 amide bonds. The minimum atomic E-state index is -1.09. The summed E-state index contributed by atoms with van der Waals surface area (Å²) in [5.41, 5.74) is 0.322. The fourth-order valence-corrected chi connectivity index (χ4v) is 2.92. The van der Waals surface area contributed by atoms with Crippen LogP contribution < -0.4 is 5.32 Å². The van der Waals surface area contributed by atoms with Crippen molar-refractivity contribution in [2.75, 3.05) is 0 Å². The molecule has 110 valence electrons. The highest BCUT2D eigenvalue weighted by Gasteiger charge is 2.42. The molecular weight excluding hydrogens is 270 g/mol. The van der Waals surface area contributed by atoms with Crippen LogP contribution >= 0.6 is 0 Å². The lowest BCUT2D eigenvalue weighted by Crippen LogP contribution is -2.52. The van der Waals surface area contributed by atoms with Crippen molar-refractivity contribution in [2.24, 2.45) is 0 Å². The first-order valence-electron chi connectivity index (χ1n) is 7.06. The van der Waals surface area contributed by atoms with Gasteiger partial charge in [0.05, 0.1) is 12.1 Å². The minimum Gasteiger partial charge on any atom is -0.480 e. The van der Waals surface area contributed by atoms with Crippen molar-refractivity contribution in [1.29, 1.82) is 0 Å². The predicted molar refractivity (Wildman–Crippen MR) is 75.9 cm³/mol. The van der Waals surface area contributed by atoms with E-state index >= 15 is 0 Å². The summed E-state index contributed by atoms with van der Waals surface area (Å²) in [7, 11) is 0. The number of fused-ring (bicyclic) bond motifs is 1. The van der Waals surface area contributed by atoms with Crippen molar-refractivity contribution in [1.82, 2.24) is 14.7 Å². The summed E-state index contributed by atoms with van der Waals surface area (Å²) in [6.45, 7) is 0. The first-order valence-corrected chi connectivity index (χ1v) is 7.06. The zero-order chi connectivity index (χ0) is 14.9. The molecule has 1 aliphatic rings. The Balaban J connectivity index is 1.72. The van der Waals surface area contributed by atoms with Crippen molar-refractivity contribution in [3.05, 3.63) is 36.3 Å². The van der Waals surface area contributed by atoms with Crippen LogP contribution in [-0.2, 0) is 16.0 Å². The van der Waals surface area contributed by atoms with Gasteiger partial charge in [-0.3, -0.25) is 4.79 Å². The number of nitrogens with zero attached hydrogens (tertiary/aromatic N) is 2. The van der Waals surface area contributed by atoms with Gasteiger partial charge in [0.25, 0.3) is 0 Å². The molecule has 0 atom stereocenters. The molecule has 0 aromatic carbocycles. The maximum Gasteiger partial charge on any atom is 0.329 e. The second-order valence-electron chi connectivity index (χ2n) is 5.52. The number of pyridine rings is 1. The van der Waals surface area contributed by atoms with Crippen molar-refractivity contribution < 1.29 is 14.7 Å². The number of aromatic nitrogens is 2. The summed E-state index contributed by atoms with van der Waals surface area (Å²) in [6.07, 6.45) is 6.41. The maximum absolute atomic E-state index is 12.1. The van der Waals surface area contributed by atoms with E-state index in [0.717, 1.165) is 18.5 Å². The molecule has 0 aliphatic heterocycles. The molecule has 2 N–H and O–H groups in total. The number of rotatable bonds is 4. The van der Waals surface area contributed by atoms with Crippen molar-refractivity contribution in [2.45, 2.75) is 37.6 Å². The highest BCUT2D eigenvalue weighted by atomic mass is 16.4. The van der Waals surface area contributed by atoms with Crippen LogP contribution in [0.4, 0.5) is 0 Å². The highest BCUT2D eigenvalue weighted by molar-refractivity contribution is 5.88. The summed E-state index contributed by atoms with van der Waals surface area (Å²) >= 11 is 0. The summed E-state index contributed by atoms with van der Waals surface area (Å²) in [4.78, 5) is 27.9. The number of carboxylic acid groups (broad SMARTS) is 1. The number of aliphatic carboxylic acids is 1. The zero-order valence-electron chi connectivity index (χ0n) is 11.6. The van der Waals surface area contributed by atoms with Gasteiger partial charge in [-0.05, 0) is 25.0 Å². The Labute approximate surface area is 121 Å². The van der Waals surface area contributed by atoms with Gasteiger partial charge in [-0.1, -0.05) is 18.9 Å². The van der Waals surface area contributed by atoms with Gasteiger partial charge in [-0.15, -0.1) is 0 Å². The molecule has 2 aromatic heterocycles. The lowest BCUT2D eigenvalue weighted by molar-refractivity contribution is -0.147. The standard InChI is InChI=1S/C15H17N3O3/c19-13(17-15(14(20)21)6-2-3-7-15)9-11-10-18-8-4-1-5-12(18)16-11/h1,4-5,8,10H,2-3,6-7,9H2,(H,17,19)(H,20,21). The van der Waals surface area contributed by atoms with Crippen LogP contribution in [0.1, 0.15) is 31.4 Å². The molecule has 1 aliphatic carbocycles. The molecule has 2 heterocycles. The fourth-order valence-electron chi connectivity index (χ4n) is 2.92. The van der Waals surface area contributed by atoms with Crippen LogP contribution in [-0.4, -0.2) is 31.9 Å². The summed E-state index contributed by atoms with van der Waals surface area (Å²) in [6, 6.07) is 5.62. The van der Waals surface area contributed by atoms with Gasteiger partial charge in [0.2, 0.25) is 5.91 Å². The molecule has 0 spiro atoms. The van der Waals surface area contributed by atoms with Gasteiger partial charge < -0.3 is 14.8 Å². The SMILES string of the molecule is O=C(Cc1cn2ccccc2n1)NC1(C(=O)O)CCCC1. The van der Waals surface area contributed by atoms with Crippen LogP contribution in [0.3, 0.4) is 0 Å². The Bertz CT molecular complexity index is 653.